The van der Waals surface area contributed by atoms with Crippen LogP contribution in [-0.2, 0) is 20.0 Å². The Balaban J connectivity index is 2.48. The van der Waals surface area contributed by atoms with Crippen LogP contribution in [0.1, 0.15) is 32.3 Å². The van der Waals surface area contributed by atoms with Crippen molar-refractivity contribution in [1.29, 1.82) is 0 Å². The van der Waals surface area contributed by atoms with Crippen LogP contribution >= 0.6 is 0 Å². The van der Waals surface area contributed by atoms with E-state index >= 15 is 0 Å². The summed E-state index contributed by atoms with van der Waals surface area (Å²) < 4.78 is 24.1. The van der Waals surface area contributed by atoms with Crippen molar-refractivity contribution in [1.82, 2.24) is 0 Å². The molecule has 1 N–H and O–H groups in total. The first-order valence-electron chi connectivity index (χ1n) is 5.88. The number of aliphatic carboxylic acids is 1. The highest BCUT2D eigenvalue weighted by molar-refractivity contribution is 7.92. The smallest absolute Gasteiger partial charge is 0.314 e. The molecule has 0 radical (unpaired) electrons. The maximum Gasteiger partial charge on any atom is 0.314 e. The highest BCUT2D eigenvalue weighted by Crippen LogP contribution is 2.48. The van der Waals surface area contributed by atoms with Crippen LogP contribution in [0.4, 0.5) is 0 Å². The normalized spacial score (nSPS) is 17.7. The number of carboxylic acid groups (broad SMARTS) is 1. The predicted octanol–water partition coefficient (Wildman–Crippen LogP) is 1.98. The van der Waals surface area contributed by atoms with E-state index < -0.39 is 26.5 Å². The maximum atomic E-state index is 12.1. The Labute approximate surface area is 107 Å². The summed E-state index contributed by atoms with van der Waals surface area (Å²) in [4.78, 5) is 11.4. The van der Waals surface area contributed by atoms with Crippen LogP contribution in [-0.4, -0.2) is 24.7 Å². The number of carboxylic acids is 1. The van der Waals surface area contributed by atoms with Crippen molar-refractivity contribution < 1.29 is 18.3 Å². The summed E-state index contributed by atoms with van der Waals surface area (Å²) in [6.45, 7) is 3.23. The van der Waals surface area contributed by atoms with Gasteiger partial charge in [0.05, 0.1) is 15.6 Å². The first kappa shape index (κ1) is 13.1. The molecule has 18 heavy (non-hydrogen) atoms. The maximum absolute atomic E-state index is 12.1. The van der Waals surface area contributed by atoms with Crippen molar-refractivity contribution in [2.45, 2.75) is 42.2 Å². The summed E-state index contributed by atoms with van der Waals surface area (Å²) in [6, 6.07) is 6.35. The van der Waals surface area contributed by atoms with E-state index in [1.807, 2.05) is 0 Å². The number of hydrogen-bond donors (Lipinski definition) is 1. The topological polar surface area (TPSA) is 71.4 Å². The highest BCUT2D eigenvalue weighted by atomic mass is 32.2. The van der Waals surface area contributed by atoms with Gasteiger partial charge in [0.15, 0.2) is 9.84 Å². The zero-order valence-electron chi connectivity index (χ0n) is 10.4. The van der Waals surface area contributed by atoms with Gasteiger partial charge in [-0.15, -0.1) is 0 Å². The molecule has 0 aromatic heterocycles. The van der Waals surface area contributed by atoms with E-state index in [0.717, 1.165) is 0 Å². The molecule has 1 aliphatic carbocycles. The summed E-state index contributed by atoms with van der Waals surface area (Å²) in [5.74, 6) is -0.874. The molecular weight excluding hydrogens is 252 g/mol. The van der Waals surface area contributed by atoms with Crippen LogP contribution in [0.3, 0.4) is 0 Å². The second kappa shape index (κ2) is 4.09. The molecule has 2 rings (SSSR count). The minimum atomic E-state index is -3.35. The zero-order valence-corrected chi connectivity index (χ0v) is 11.2. The third kappa shape index (κ3) is 1.92. The molecule has 0 bridgehead atoms. The molecule has 1 aromatic rings. The van der Waals surface area contributed by atoms with Crippen LogP contribution in [0.25, 0.3) is 0 Å². The molecule has 1 aliphatic rings. The average Bonchev–Trinajstić information content (AvgIpc) is 3.10. The summed E-state index contributed by atoms with van der Waals surface area (Å²) in [5, 5.41) is 8.70. The first-order valence-corrected chi connectivity index (χ1v) is 7.43. The van der Waals surface area contributed by atoms with E-state index in [0.29, 0.717) is 18.4 Å². The van der Waals surface area contributed by atoms with Crippen molar-refractivity contribution in [2.75, 3.05) is 0 Å². The Morgan fingerprint density at radius 3 is 2.39 bits per heavy atom. The average molecular weight is 268 g/mol. The van der Waals surface area contributed by atoms with Crippen LogP contribution < -0.4 is 0 Å². The van der Waals surface area contributed by atoms with Gasteiger partial charge in [-0.05, 0) is 44.4 Å². The van der Waals surface area contributed by atoms with Gasteiger partial charge >= 0.3 is 5.97 Å². The first-order chi connectivity index (χ1) is 8.30. The summed E-state index contributed by atoms with van der Waals surface area (Å²) in [6.07, 6.45) is 1.15. The molecule has 98 valence electrons. The summed E-state index contributed by atoms with van der Waals surface area (Å²) in [7, 11) is -3.35. The van der Waals surface area contributed by atoms with Crippen LogP contribution in [0.15, 0.2) is 29.2 Å². The molecule has 4 nitrogen and oxygen atoms in total. The van der Waals surface area contributed by atoms with E-state index in [2.05, 4.69) is 0 Å². The van der Waals surface area contributed by atoms with Gasteiger partial charge in [-0.1, -0.05) is 12.1 Å². The monoisotopic (exact) mass is 268 g/mol. The van der Waals surface area contributed by atoms with Crippen molar-refractivity contribution in [3.8, 4) is 0 Å². The fraction of sp³-hybridized carbons (Fsp3) is 0.462. The van der Waals surface area contributed by atoms with Gasteiger partial charge in [-0.3, -0.25) is 4.79 Å². The lowest BCUT2D eigenvalue weighted by Crippen LogP contribution is -2.20. The third-order valence-electron chi connectivity index (χ3n) is 3.50. The van der Waals surface area contributed by atoms with Crippen LogP contribution in [0.5, 0.6) is 0 Å². The van der Waals surface area contributed by atoms with Gasteiger partial charge in [0.25, 0.3) is 0 Å². The fourth-order valence-electron chi connectivity index (χ4n) is 1.99. The van der Waals surface area contributed by atoms with E-state index in [9.17, 15) is 18.3 Å². The van der Waals surface area contributed by atoms with E-state index in [1.54, 1.807) is 26.0 Å². The van der Waals surface area contributed by atoms with Crippen LogP contribution in [0, 0.1) is 0 Å². The molecule has 0 spiro atoms. The molecule has 1 aromatic carbocycles. The second-order valence-electron chi connectivity index (χ2n) is 5.01. The van der Waals surface area contributed by atoms with Crippen molar-refractivity contribution in [3.05, 3.63) is 29.8 Å². The number of benzene rings is 1. The Morgan fingerprint density at radius 1 is 1.33 bits per heavy atom. The van der Waals surface area contributed by atoms with Gasteiger partial charge in [0.1, 0.15) is 0 Å². The number of hydrogen-bond acceptors (Lipinski definition) is 3. The van der Waals surface area contributed by atoms with E-state index in [4.69, 9.17) is 0 Å². The number of carbonyl (C=O) groups is 1. The minimum Gasteiger partial charge on any atom is -0.481 e. The van der Waals surface area contributed by atoms with Gasteiger partial charge in [-0.25, -0.2) is 8.42 Å². The molecule has 1 saturated carbocycles. The molecule has 1 fully saturated rings. The second-order valence-corrected chi connectivity index (χ2v) is 7.51. The third-order valence-corrected chi connectivity index (χ3v) is 5.65. The number of sulfone groups is 1. The Morgan fingerprint density at radius 2 is 1.94 bits per heavy atom. The summed E-state index contributed by atoms with van der Waals surface area (Å²) in [5.41, 5.74) is -0.264. The SMILES string of the molecule is CC(C)S(=O)(=O)c1cccc(C2(C(=O)O)CC2)c1. The van der Waals surface area contributed by atoms with Gasteiger partial charge < -0.3 is 5.11 Å². The molecule has 0 aliphatic heterocycles. The van der Waals surface area contributed by atoms with E-state index in [-0.39, 0.29) is 4.90 Å². The van der Waals surface area contributed by atoms with Crippen molar-refractivity contribution >= 4 is 15.8 Å². The molecule has 0 atom stereocenters. The lowest BCUT2D eigenvalue weighted by Gasteiger charge is -2.13. The number of rotatable bonds is 4. The predicted molar refractivity (Wildman–Crippen MR) is 67.3 cm³/mol. The summed E-state index contributed by atoms with van der Waals surface area (Å²) >= 11 is 0. The van der Waals surface area contributed by atoms with Gasteiger partial charge in [0, 0.05) is 0 Å². The molecule has 0 heterocycles. The molecular formula is C13H16O4S. The van der Waals surface area contributed by atoms with Gasteiger partial charge in [-0.2, -0.15) is 0 Å². The standard InChI is InChI=1S/C13H16O4S/c1-9(2)18(16,17)11-5-3-4-10(8-11)13(6-7-13)12(14)15/h3-5,8-9H,6-7H2,1-2H3,(H,14,15). The van der Waals surface area contributed by atoms with Crippen molar-refractivity contribution in [2.24, 2.45) is 0 Å². The molecule has 5 heteroatoms. The lowest BCUT2D eigenvalue weighted by atomic mass is 9.96. The van der Waals surface area contributed by atoms with Crippen molar-refractivity contribution in [3.63, 3.8) is 0 Å². The Hall–Kier alpha value is -1.36. The van der Waals surface area contributed by atoms with Crippen LogP contribution in [0.2, 0.25) is 0 Å². The van der Waals surface area contributed by atoms with Gasteiger partial charge in [0.2, 0.25) is 0 Å². The lowest BCUT2D eigenvalue weighted by molar-refractivity contribution is -0.140. The van der Waals surface area contributed by atoms with E-state index in [1.165, 1.54) is 12.1 Å². The quantitative estimate of drug-likeness (QED) is 0.906. The molecule has 0 saturated heterocycles. The minimum absolute atomic E-state index is 0.211. The zero-order chi connectivity index (χ0) is 13.6. The fourth-order valence-corrected chi connectivity index (χ4v) is 3.10. The highest BCUT2D eigenvalue weighted by Gasteiger charge is 2.51. The molecule has 0 unspecified atom stereocenters. The Bertz CT molecular complexity index is 583. The molecule has 0 amide bonds. The largest absolute Gasteiger partial charge is 0.481 e. The Kier molecular flexibility index (Phi) is 2.97.